The number of benzene rings is 2. The van der Waals surface area contributed by atoms with Gasteiger partial charge in [0.05, 0.1) is 15.8 Å². The van der Waals surface area contributed by atoms with Crippen LogP contribution in [0.4, 0.5) is 19.0 Å². The van der Waals surface area contributed by atoms with Crippen LogP contribution in [0.15, 0.2) is 72.0 Å². The van der Waals surface area contributed by atoms with E-state index in [1.54, 1.807) is 30.3 Å². The van der Waals surface area contributed by atoms with E-state index >= 15 is 0 Å². The maximum absolute atomic E-state index is 13.2. The fourth-order valence-electron chi connectivity index (χ4n) is 3.92. The molecule has 4 aromatic rings. The standard InChI is InChI=1S/C24H21F3N4O2S/c1-16-2-10-20(11-3-16)34(32,33)31-13-12-21-22(28-15-29-23(21)31)30(19-8-9-19)14-17-4-6-18(7-5-17)24(25,26)27/h2-7,10-13,15,19H,8-9,14H2,1H3. The third-order valence-electron chi connectivity index (χ3n) is 5.90. The van der Waals surface area contributed by atoms with Crippen LogP contribution in [0.3, 0.4) is 0 Å². The van der Waals surface area contributed by atoms with Crippen molar-refractivity contribution in [3.63, 3.8) is 0 Å². The zero-order chi connectivity index (χ0) is 24.1. The highest BCUT2D eigenvalue weighted by molar-refractivity contribution is 7.90. The van der Waals surface area contributed by atoms with E-state index in [4.69, 9.17) is 0 Å². The number of fused-ring (bicyclic) bond motifs is 1. The van der Waals surface area contributed by atoms with E-state index in [0.29, 0.717) is 23.3 Å². The second-order valence-corrected chi connectivity index (χ2v) is 10.2. The predicted molar refractivity (Wildman–Crippen MR) is 122 cm³/mol. The van der Waals surface area contributed by atoms with Crippen molar-refractivity contribution in [2.75, 3.05) is 4.90 Å². The van der Waals surface area contributed by atoms with Gasteiger partial charge in [0, 0.05) is 18.8 Å². The summed E-state index contributed by atoms with van der Waals surface area (Å²) in [7, 11) is -3.86. The molecule has 2 heterocycles. The van der Waals surface area contributed by atoms with Crippen LogP contribution in [-0.2, 0) is 22.7 Å². The van der Waals surface area contributed by atoms with Crippen LogP contribution >= 0.6 is 0 Å². The van der Waals surface area contributed by atoms with Crippen molar-refractivity contribution in [1.82, 2.24) is 13.9 Å². The molecule has 176 valence electrons. The molecular formula is C24H21F3N4O2S. The van der Waals surface area contributed by atoms with Crippen molar-refractivity contribution in [3.05, 3.63) is 83.8 Å². The van der Waals surface area contributed by atoms with Gasteiger partial charge in [-0.3, -0.25) is 0 Å². The molecule has 5 rings (SSSR count). The highest BCUT2D eigenvalue weighted by atomic mass is 32.2. The Bertz CT molecular complexity index is 1440. The maximum atomic E-state index is 13.2. The number of hydrogen-bond acceptors (Lipinski definition) is 5. The summed E-state index contributed by atoms with van der Waals surface area (Å²) >= 11 is 0. The van der Waals surface area contributed by atoms with Crippen molar-refractivity contribution in [2.24, 2.45) is 0 Å². The van der Waals surface area contributed by atoms with Gasteiger partial charge in [0.15, 0.2) is 5.65 Å². The van der Waals surface area contributed by atoms with Crippen molar-refractivity contribution in [1.29, 1.82) is 0 Å². The van der Waals surface area contributed by atoms with Gasteiger partial charge in [0.1, 0.15) is 12.1 Å². The molecule has 10 heteroatoms. The molecule has 0 bridgehead atoms. The summed E-state index contributed by atoms with van der Waals surface area (Å²) in [5, 5.41) is 0.567. The SMILES string of the molecule is Cc1ccc(S(=O)(=O)n2ccc3c(N(Cc4ccc(C(F)(F)F)cc4)C4CC4)ncnc32)cc1. The molecule has 2 aromatic carbocycles. The monoisotopic (exact) mass is 486 g/mol. The highest BCUT2D eigenvalue weighted by Gasteiger charge is 2.33. The van der Waals surface area contributed by atoms with Crippen LogP contribution in [-0.4, -0.2) is 28.4 Å². The molecule has 1 aliphatic rings. The molecule has 0 atom stereocenters. The molecule has 0 amide bonds. The molecule has 0 N–H and O–H groups in total. The van der Waals surface area contributed by atoms with Crippen LogP contribution in [0.25, 0.3) is 11.0 Å². The average molecular weight is 487 g/mol. The third-order valence-corrected chi connectivity index (χ3v) is 7.58. The maximum Gasteiger partial charge on any atom is 0.416 e. The minimum atomic E-state index is -4.39. The van der Waals surface area contributed by atoms with E-state index in [0.717, 1.165) is 34.5 Å². The molecule has 6 nitrogen and oxygen atoms in total. The van der Waals surface area contributed by atoms with Gasteiger partial charge in [-0.15, -0.1) is 0 Å². The van der Waals surface area contributed by atoms with Crippen LogP contribution in [0.1, 0.15) is 29.5 Å². The van der Waals surface area contributed by atoms with Gasteiger partial charge in [-0.25, -0.2) is 22.4 Å². The van der Waals surface area contributed by atoms with Gasteiger partial charge in [-0.2, -0.15) is 13.2 Å². The zero-order valence-corrected chi connectivity index (χ0v) is 19.0. The van der Waals surface area contributed by atoms with E-state index in [-0.39, 0.29) is 16.6 Å². The molecule has 0 aliphatic heterocycles. The molecular weight excluding hydrogens is 465 g/mol. The lowest BCUT2D eigenvalue weighted by atomic mass is 10.1. The molecule has 0 unspecified atom stereocenters. The first kappa shape index (κ1) is 22.4. The van der Waals surface area contributed by atoms with Gasteiger partial charge in [-0.1, -0.05) is 29.8 Å². The van der Waals surface area contributed by atoms with Gasteiger partial charge < -0.3 is 4.90 Å². The van der Waals surface area contributed by atoms with Crippen molar-refractivity contribution < 1.29 is 21.6 Å². The number of aryl methyl sites for hydroxylation is 1. The normalized spacial score (nSPS) is 14.5. The number of alkyl halides is 3. The summed E-state index contributed by atoms with van der Waals surface area (Å²) in [6.07, 6.45) is 0.241. The summed E-state index contributed by atoms with van der Waals surface area (Å²) in [6.45, 7) is 2.23. The summed E-state index contributed by atoms with van der Waals surface area (Å²) in [6, 6.07) is 13.5. The number of halogens is 3. The molecule has 1 aliphatic carbocycles. The average Bonchev–Trinajstić information content (AvgIpc) is 3.54. The Morgan fingerprint density at radius 1 is 1.00 bits per heavy atom. The first-order valence-corrected chi connectivity index (χ1v) is 12.2. The first-order valence-electron chi connectivity index (χ1n) is 10.7. The Kier molecular flexibility index (Phi) is 5.35. The number of anilines is 1. The second kappa shape index (κ2) is 8.12. The van der Waals surface area contributed by atoms with E-state index in [2.05, 4.69) is 9.97 Å². The van der Waals surface area contributed by atoms with E-state index in [1.807, 2.05) is 11.8 Å². The molecule has 0 saturated heterocycles. The lowest BCUT2D eigenvalue weighted by Crippen LogP contribution is -2.26. The van der Waals surface area contributed by atoms with E-state index < -0.39 is 21.8 Å². The summed E-state index contributed by atoms with van der Waals surface area (Å²) in [5.74, 6) is 0.560. The Labute approximate surface area is 194 Å². The Morgan fingerprint density at radius 2 is 1.68 bits per heavy atom. The number of rotatable bonds is 6. The van der Waals surface area contributed by atoms with Crippen LogP contribution in [0, 0.1) is 6.92 Å². The number of hydrogen-bond donors (Lipinski definition) is 0. The van der Waals surface area contributed by atoms with Crippen LogP contribution in [0.2, 0.25) is 0 Å². The first-order chi connectivity index (χ1) is 16.1. The minimum Gasteiger partial charge on any atom is -0.349 e. The van der Waals surface area contributed by atoms with Gasteiger partial charge >= 0.3 is 6.18 Å². The van der Waals surface area contributed by atoms with Crippen molar-refractivity contribution in [2.45, 2.75) is 43.4 Å². The Morgan fingerprint density at radius 3 is 2.29 bits per heavy atom. The molecule has 1 fully saturated rings. The zero-order valence-electron chi connectivity index (χ0n) is 18.2. The van der Waals surface area contributed by atoms with E-state index in [9.17, 15) is 21.6 Å². The summed E-state index contributed by atoms with van der Waals surface area (Å²) in [4.78, 5) is 10.8. The van der Waals surface area contributed by atoms with Crippen molar-refractivity contribution >= 4 is 26.9 Å². The summed E-state index contributed by atoms with van der Waals surface area (Å²) < 4.78 is 66.4. The predicted octanol–water partition coefficient (Wildman–Crippen LogP) is 5.16. The second-order valence-electron chi connectivity index (χ2n) is 8.42. The van der Waals surface area contributed by atoms with Gasteiger partial charge in [0.2, 0.25) is 0 Å². The molecule has 1 saturated carbocycles. The Balaban J connectivity index is 1.52. The fourth-order valence-corrected chi connectivity index (χ4v) is 5.22. The van der Waals surface area contributed by atoms with Gasteiger partial charge in [-0.05, 0) is 55.7 Å². The lowest BCUT2D eigenvalue weighted by Gasteiger charge is -2.24. The third kappa shape index (κ3) is 4.13. The van der Waals surface area contributed by atoms with Crippen LogP contribution in [0.5, 0.6) is 0 Å². The lowest BCUT2D eigenvalue weighted by molar-refractivity contribution is -0.137. The molecule has 34 heavy (non-hydrogen) atoms. The Hall–Kier alpha value is -3.40. The number of nitrogens with zero attached hydrogens (tertiary/aromatic N) is 4. The largest absolute Gasteiger partial charge is 0.416 e. The van der Waals surface area contributed by atoms with Crippen LogP contribution < -0.4 is 4.90 Å². The number of aromatic nitrogens is 3. The highest BCUT2D eigenvalue weighted by Crippen LogP contribution is 2.36. The quantitative estimate of drug-likeness (QED) is 0.376. The van der Waals surface area contributed by atoms with Gasteiger partial charge in [0.25, 0.3) is 10.0 Å². The fraction of sp³-hybridized carbons (Fsp3) is 0.250. The van der Waals surface area contributed by atoms with E-state index in [1.165, 1.54) is 24.7 Å². The topological polar surface area (TPSA) is 68.1 Å². The minimum absolute atomic E-state index is 0.152. The smallest absolute Gasteiger partial charge is 0.349 e. The molecule has 0 radical (unpaired) electrons. The van der Waals surface area contributed by atoms with Crippen molar-refractivity contribution in [3.8, 4) is 0 Å². The summed E-state index contributed by atoms with van der Waals surface area (Å²) in [5.41, 5.74) is 1.21. The molecule has 2 aromatic heterocycles. The molecule has 0 spiro atoms.